The summed E-state index contributed by atoms with van der Waals surface area (Å²) in [6, 6.07) is 6.49. The van der Waals surface area contributed by atoms with E-state index in [-0.39, 0.29) is 17.0 Å². The van der Waals surface area contributed by atoms with E-state index in [0.29, 0.717) is 11.0 Å². The molecule has 1 aromatic heterocycles. The van der Waals surface area contributed by atoms with Crippen molar-refractivity contribution in [2.75, 3.05) is 7.11 Å². The number of primary amides is 1. The van der Waals surface area contributed by atoms with Gasteiger partial charge in [-0.2, -0.15) is 17.6 Å². The number of rotatable bonds is 4. The van der Waals surface area contributed by atoms with Crippen molar-refractivity contribution < 1.29 is 36.2 Å². The van der Waals surface area contributed by atoms with Crippen LogP contribution in [0, 0.1) is 17.6 Å². The van der Waals surface area contributed by atoms with E-state index in [1.165, 1.54) is 35.8 Å². The number of aryl methyl sites for hydroxylation is 1. The largest absolute Gasteiger partial charge is 0.493 e. The van der Waals surface area contributed by atoms with Crippen molar-refractivity contribution in [1.29, 1.82) is 0 Å². The fourth-order valence-corrected chi connectivity index (χ4v) is 4.65. The molecule has 34 heavy (non-hydrogen) atoms. The highest BCUT2D eigenvalue weighted by molar-refractivity contribution is 5.96. The average Bonchev–Trinajstić information content (AvgIpc) is 3.24. The zero-order valence-electron chi connectivity index (χ0n) is 18.7. The molecular formula is C23H22F5N3O3. The van der Waals surface area contributed by atoms with E-state index in [2.05, 4.69) is 4.98 Å². The van der Waals surface area contributed by atoms with Gasteiger partial charge in [0.05, 0.1) is 18.1 Å². The molecule has 2 N–H and O–H groups in total. The van der Waals surface area contributed by atoms with Crippen LogP contribution >= 0.6 is 0 Å². The minimum atomic E-state index is -4.77. The van der Waals surface area contributed by atoms with Crippen molar-refractivity contribution in [2.45, 2.75) is 37.6 Å². The van der Waals surface area contributed by atoms with Gasteiger partial charge in [-0.15, -0.1) is 0 Å². The fourth-order valence-electron chi connectivity index (χ4n) is 4.65. The van der Waals surface area contributed by atoms with Gasteiger partial charge in [0, 0.05) is 30.0 Å². The summed E-state index contributed by atoms with van der Waals surface area (Å²) in [5.74, 6) is -5.86. The highest BCUT2D eigenvalue weighted by Gasteiger charge is 2.65. The molecule has 4 rings (SSSR count). The molecule has 11 heteroatoms. The van der Waals surface area contributed by atoms with Crippen LogP contribution in [-0.4, -0.2) is 34.3 Å². The molecular weight excluding hydrogens is 461 g/mol. The molecule has 0 unspecified atom stereocenters. The number of aromatic nitrogens is 2. The number of hydrogen-bond acceptors (Lipinski definition) is 4. The first-order valence-corrected chi connectivity index (χ1v) is 10.3. The highest BCUT2D eigenvalue weighted by Crippen LogP contribution is 2.59. The van der Waals surface area contributed by atoms with Gasteiger partial charge in [0.25, 0.3) is 0 Å². The van der Waals surface area contributed by atoms with Crippen molar-refractivity contribution in [2.24, 2.45) is 18.7 Å². The molecule has 1 fully saturated rings. The monoisotopic (exact) mass is 483 g/mol. The summed E-state index contributed by atoms with van der Waals surface area (Å²) in [6.45, 7) is 2.26. The molecule has 0 saturated carbocycles. The fraction of sp³-hybridized carbons (Fsp3) is 0.391. The van der Waals surface area contributed by atoms with Crippen molar-refractivity contribution in [3.05, 3.63) is 58.9 Å². The third-order valence-corrected chi connectivity index (χ3v) is 6.77. The first kappa shape index (κ1) is 23.9. The second kappa shape index (κ2) is 7.93. The van der Waals surface area contributed by atoms with Crippen LogP contribution < -0.4 is 10.5 Å². The number of fused-ring (bicyclic) bond motifs is 1. The first-order valence-electron chi connectivity index (χ1n) is 10.3. The van der Waals surface area contributed by atoms with E-state index in [0.717, 1.165) is 20.1 Å². The maximum absolute atomic E-state index is 14.5. The highest BCUT2D eigenvalue weighted by atomic mass is 19.4. The zero-order chi connectivity index (χ0) is 25.2. The Bertz CT molecular complexity index is 1290. The summed E-state index contributed by atoms with van der Waals surface area (Å²) in [5, 5.41) is 0. The lowest BCUT2D eigenvalue weighted by Crippen LogP contribution is -2.46. The van der Waals surface area contributed by atoms with Crippen LogP contribution in [0.25, 0.3) is 11.0 Å². The van der Waals surface area contributed by atoms with Gasteiger partial charge in [-0.25, -0.2) is 9.37 Å². The van der Waals surface area contributed by atoms with E-state index in [1.54, 1.807) is 7.05 Å². The Hall–Kier alpha value is -3.21. The van der Waals surface area contributed by atoms with E-state index < -0.39 is 53.0 Å². The number of alkyl halides is 3. The Labute approximate surface area is 191 Å². The lowest BCUT2D eigenvalue weighted by molar-refractivity contribution is -0.275. The smallest absolute Gasteiger partial charge is 0.417 e. The summed E-state index contributed by atoms with van der Waals surface area (Å²) < 4.78 is 83.2. The maximum atomic E-state index is 14.5. The number of halogens is 5. The number of methoxy groups -OCH3 is 1. The number of imidazole rings is 1. The number of amides is 1. The number of hydrogen-bond donors (Lipinski definition) is 1. The topological polar surface area (TPSA) is 79.4 Å². The van der Waals surface area contributed by atoms with Gasteiger partial charge >= 0.3 is 6.18 Å². The molecule has 1 aliphatic rings. The number of nitrogens with zero attached hydrogens (tertiary/aromatic N) is 2. The Balaban J connectivity index is 1.96. The second-order valence-electron chi connectivity index (χ2n) is 8.54. The Kier molecular flexibility index (Phi) is 5.58. The molecule has 0 aliphatic carbocycles. The van der Waals surface area contributed by atoms with E-state index in [4.69, 9.17) is 15.2 Å². The number of carbonyl (C=O) groups excluding carboxylic acids is 1. The summed E-state index contributed by atoms with van der Waals surface area (Å²) in [5.41, 5.74) is 3.79. The van der Waals surface area contributed by atoms with E-state index in [1.807, 2.05) is 0 Å². The van der Waals surface area contributed by atoms with Gasteiger partial charge in [0.1, 0.15) is 11.9 Å². The molecule has 2 aromatic carbocycles. The quantitative estimate of drug-likeness (QED) is 0.543. The Morgan fingerprint density at radius 3 is 2.50 bits per heavy atom. The SMILES string of the molecule is COc1c([C@H]2[C@H](c3nc4ccc(C(N)=O)cc4n3C)O[C@@](C)(C(F)(F)F)[C@H]2C)ccc(F)c1F. The predicted molar refractivity (Wildman–Crippen MR) is 112 cm³/mol. The molecule has 0 spiro atoms. The molecule has 182 valence electrons. The van der Waals surface area contributed by atoms with Gasteiger partial charge in [0.15, 0.2) is 17.2 Å². The van der Waals surface area contributed by atoms with Gasteiger partial charge in [0.2, 0.25) is 11.7 Å². The van der Waals surface area contributed by atoms with Crippen molar-refractivity contribution in [3.63, 3.8) is 0 Å². The maximum Gasteiger partial charge on any atom is 0.417 e. The molecule has 0 bridgehead atoms. The summed E-state index contributed by atoms with van der Waals surface area (Å²) >= 11 is 0. The van der Waals surface area contributed by atoms with Crippen LogP contribution in [0.3, 0.4) is 0 Å². The van der Waals surface area contributed by atoms with Crippen molar-refractivity contribution in [1.82, 2.24) is 9.55 Å². The number of ether oxygens (including phenoxy) is 2. The van der Waals surface area contributed by atoms with E-state index >= 15 is 0 Å². The molecule has 1 saturated heterocycles. The molecule has 1 aliphatic heterocycles. The predicted octanol–water partition coefficient (Wildman–Crippen LogP) is 4.77. The standard InChI is InChI=1S/C23H22F5N3O3/c1-10-16(12-6-7-13(24)17(25)18(12)33-4)19(34-22(10,2)23(26,27)28)21-30-14-8-5-11(20(29)32)9-15(14)31(21)3/h5-10,16,19H,1-4H3,(H2,29,32)/t10-,16-,19+,22+/m0/s1. The average molecular weight is 483 g/mol. The zero-order valence-corrected chi connectivity index (χ0v) is 18.7. The number of nitrogens with two attached hydrogens (primary N) is 1. The third-order valence-electron chi connectivity index (χ3n) is 6.77. The summed E-state index contributed by atoms with van der Waals surface area (Å²) in [7, 11) is 2.67. The lowest BCUT2D eigenvalue weighted by Gasteiger charge is -2.32. The minimum absolute atomic E-state index is 0.0248. The summed E-state index contributed by atoms with van der Waals surface area (Å²) in [6.07, 6.45) is -6.07. The van der Waals surface area contributed by atoms with Gasteiger partial charge in [-0.1, -0.05) is 13.0 Å². The molecule has 2 heterocycles. The van der Waals surface area contributed by atoms with Gasteiger partial charge in [-0.05, 0) is 31.2 Å². The van der Waals surface area contributed by atoms with Gasteiger partial charge < -0.3 is 19.8 Å². The van der Waals surface area contributed by atoms with Crippen LogP contribution in [0.15, 0.2) is 30.3 Å². The third kappa shape index (κ3) is 3.41. The Morgan fingerprint density at radius 2 is 1.91 bits per heavy atom. The second-order valence-corrected chi connectivity index (χ2v) is 8.54. The minimum Gasteiger partial charge on any atom is -0.493 e. The van der Waals surface area contributed by atoms with Gasteiger partial charge in [-0.3, -0.25) is 4.79 Å². The van der Waals surface area contributed by atoms with E-state index in [9.17, 15) is 26.7 Å². The first-order chi connectivity index (χ1) is 15.8. The van der Waals surface area contributed by atoms with Crippen LogP contribution in [0.4, 0.5) is 22.0 Å². The molecule has 3 aromatic rings. The molecule has 4 atom stereocenters. The Morgan fingerprint density at radius 1 is 1.24 bits per heavy atom. The molecule has 0 radical (unpaired) electrons. The molecule has 6 nitrogen and oxygen atoms in total. The van der Waals surface area contributed by atoms with Crippen LogP contribution in [0.1, 0.15) is 47.6 Å². The van der Waals surface area contributed by atoms with Crippen LogP contribution in [0.5, 0.6) is 5.75 Å². The number of carbonyl (C=O) groups is 1. The normalized spacial score (nSPS) is 25.1. The van der Waals surface area contributed by atoms with Crippen molar-refractivity contribution >= 4 is 16.9 Å². The lowest BCUT2D eigenvalue weighted by atomic mass is 9.77. The molecule has 1 amide bonds. The number of benzene rings is 2. The van der Waals surface area contributed by atoms with Crippen LogP contribution in [-0.2, 0) is 11.8 Å². The van der Waals surface area contributed by atoms with Crippen LogP contribution in [0.2, 0.25) is 0 Å². The summed E-state index contributed by atoms with van der Waals surface area (Å²) in [4.78, 5) is 16.0. The van der Waals surface area contributed by atoms with Crippen molar-refractivity contribution in [3.8, 4) is 5.75 Å².